The van der Waals surface area contributed by atoms with Gasteiger partial charge >= 0.3 is 0 Å². The Kier molecular flexibility index (Phi) is 2.29. The molecular weight excluding hydrogens is 208 g/mol. The largest absolute Gasteiger partial charge is 0.274 e. The van der Waals surface area contributed by atoms with Gasteiger partial charge in [-0.15, -0.1) is 0 Å². The summed E-state index contributed by atoms with van der Waals surface area (Å²) in [5, 5.41) is 0. The molecule has 0 N–H and O–H groups in total. The topological polar surface area (TPSA) is 0 Å². The molecule has 0 nitrogen and oxygen atoms in total. The van der Waals surface area contributed by atoms with Gasteiger partial charge in [-0.05, 0) is 35.6 Å². The zero-order chi connectivity index (χ0) is 11.2. The van der Waals surface area contributed by atoms with Gasteiger partial charge in [0.25, 0.3) is 6.08 Å². The molecule has 0 bridgehead atoms. The van der Waals surface area contributed by atoms with Crippen molar-refractivity contribution in [3.63, 3.8) is 0 Å². The van der Waals surface area contributed by atoms with Gasteiger partial charge in [-0.2, -0.15) is 8.78 Å². The maximum Gasteiger partial charge on any atom is 0.274 e. The van der Waals surface area contributed by atoms with Crippen molar-refractivity contribution >= 4 is 5.57 Å². The molecule has 0 aliphatic heterocycles. The lowest BCUT2D eigenvalue weighted by atomic mass is 10.0. The van der Waals surface area contributed by atoms with Crippen molar-refractivity contribution < 1.29 is 17.6 Å². The van der Waals surface area contributed by atoms with Crippen molar-refractivity contribution in [1.29, 1.82) is 0 Å². The first-order valence-corrected chi connectivity index (χ1v) is 4.54. The molecule has 4 heteroatoms. The number of fused-ring (bicyclic) bond motifs is 1. The minimum atomic E-state index is -1.81. The molecule has 0 radical (unpaired) electrons. The highest BCUT2D eigenvalue weighted by molar-refractivity contribution is 5.74. The van der Waals surface area contributed by atoms with Gasteiger partial charge in [0.1, 0.15) is 0 Å². The maximum absolute atomic E-state index is 12.9. The Bertz CT molecular complexity index is 444. The second kappa shape index (κ2) is 3.36. The van der Waals surface area contributed by atoms with Crippen LogP contribution in [0.4, 0.5) is 17.6 Å². The van der Waals surface area contributed by atoms with Crippen LogP contribution in [0.5, 0.6) is 0 Å². The number of hydrogen-bond acceptors (Lipinski definition) is 0. The van der Waals surface area contributed by atoms with Crippen molar-refractivity contribution in [2.75, 3.05) is 0 Å². The second-order valence-electron chi connectivity index (χ2n) is 3.70. The van der Waals surface area contributed by atoms with Crippen LogP contribution in [0.2, 0.25) is 0 Å². The standard InChI is InChI=1S/C11H8F4/c1-5-2-8(11(14)15)7-4-10(13)9(12)3-6(5)7/h3-5H,2H2,1H3. The summed E-state index contributed by atoms with van der Waals surface area (Å²) in [6, 6.07) is 1.86. The third-order valence-electron chi connectivity index (χ3n) is 2.69. The third kappa shape index (κ3) is 1.54. The highest BCUT2D eigenvalue weighted by atomic mass is 19.3. The lowest BCUT2D eigenvalue weighted by Crippen LogP contribution is -1.91. The number of hydrogen-bond donors (Lipinski definition) is 0. The van der Waals surface area contributed by atoms with Crippen molar-refractivity contribution in [3.05, 3.63) is 41.0 Å². The summed E-state index contributed by atoms with van der Waals surface area (Å²) in [6.45, 7) is 1.71. The van der Waals surface area contributed by atoms with Crippen molar-refractivity contribution in [3.8, 4) is 0 Å². The zero-order valence-electron chi connectivity index (χ0n) is 7.95. The number of allylic oxidation sites excluding steroid dienone is 1. The highest BCUT2D eigenvalue weighted by Crippen LogP contribution is 2.43. The average Bonchev–Trinajstić information content (AvgIpc) is 2.45. The SMILES string of the molecule is CC1CC(=C(F)F)c2cc(F)c(F)cc21. The Morgan fingerprint density at radius 1 is 1.20 bits per heavy atom. The number of rotatable bonds is 0. The van der Waals surface area contributed by atoms with Crippen molar-refractivity contribution in [1.82, 2.24) is 0 Å². The molecule has 1 aromatic rings. The van der Waals surface area contributed by atoms with Crippen LogP contribution in [0, 0.1) is 11.6 Å². The molecule has 1 aliphatic rings. The molecule has 1 atom stereocenters. The van der Waals surface area contributed by atoms with Crippen LogP contribution in [0.25, 0.3) is 5.57 Å². The molecule has 1 aromatic carbocycles. The molecule has 80 valence electrons. The first-order chi connectivity index (χ1) is 7.00. The van der Waals surface area contributed by atoms with Crippen LogP contribution in [0.3, 0.4) is 0 Å². The lowest BCUT2D eigenvalue weighted by Gasteiger charge is -2.03. The van der Waals surface area contributed by atoms with Gasteiger partial charge in [-0.3, -0.25) is 0 Å². The normalized spacial score (nSPS) is 19.3. The van der Waals surface area contributed by atoms with E-state index in [0.717, 1.165) is 12.1 Å². The van der Waals surface area contributed by atoms with Gasteiger partial charge in [0.05, 0.1) is 0 Å². The Labute approximate surface area is 84.2 Å². The van der Waals surface area contributed by atoms with E-state index in [0.29, 0.717) is 5.56 Å². The summed E-state index contributed by atoms with van der Waals surface area (Å²) in [5.41, 5.74) is 0.425. The van der Waals surface area contributed by atoms with Crippen molar-refractivity contribution in [2.45, 2.75) is 19.3 Å². The Morgan fingerprint density at radius 2 is 1.80 bits per heavy atom. The summed E-state index contributed by atoms with van der Waals surface area (Å²) in [7, 11) is 0. The molecule has 0 fully saturated rings. The van der Waals surface area contributed by atoms with E-state index >= 15 is 0 Å². The van der Waals surface area contributed by atoms with Gasteiger partial charge in [0, 0.05) is 5.57 Å². The van der Waals surface area contributed by atoms with Crippen LogP contribution < -0.4 is 0 Å². The Balaban J connectivity index is 2.67. The summed E-state index contributed by atoms with van der Waals surface area (Å²) >= 11 is 0. The van der Waals surface area contributed by atoms with Crippen LogP contribution in [0.1, 0.15) is 30.4 Å². The maximum atomic E-state index is 12.9. The number of benzene rings is 1. The van der Waals surface area contributed by atoms with Crippen LogP contribution in [-0.4, -0.2) is 0 Å². The van der Waals surface area contributed by atoms with Gasteiger partial charge in [-0.1, -0.05) is 6.92 Å². The predicted molar refractivity (Wildman–Crippen MR) is 48.5 cm³/mol. The summed E-state index contributed by atoms with van der Waals surface area (Å²) < 4.78 is 50.8. The third-order valence-corrected chi connectivity index (χ3v) is 2.69. The smallest absolute Gasteiger partial charge is 0.204 e. The molecule has 0 saturated heterocycles. The van der Waals surface area contributed by atoms with Gasteiger partial charge in [0.2, 0.25) is 0 Å². The van der Waals surface area contributed by atoms with E-state index < -0.39 is 17.7 Å². The highest BCUT2D eigenvalue weighted by Gasteiger charge is 2.28. The molecule has 2 rings (SSSR count). The molecular formula is C11H8F4. The molecule has 0 amide bonds. The van der Waals surface area contributed by atoms with E-state index in [9.17, 15) is 17.6 Å². The fourth-order valence-electron chi connectivity index (χ4n) is 1.94. The van der Waals surface area contributed by atoms with E-state index in [1.807, 2.05) is 0 Å². The minimum absolute atomic E-state index is 0.139. The first kappa shape index (κ1) is 10.2. The quantitative estimate of drug-likeness (QED) is 0.573. The van der Waals surface area contributed by atoms with E-state index in [1.54, 1.807) is 6.92 Å². The number of halogens is 4. The van der Waals surface area contributed by atoms with Crippen LogP contribution in [-0.2, 0) is 0 Å². The van der Waals surface area contributed by atoms with Crippen molar-refractivity contribution in [2.24, 2.45) is 0 Å². The van der Waals surface area contributed by atoms with Gasteiger partial charge < -0.3 is 0 Å². The zero-order valence-corrected chi connectivity index (χ0v) is 7.95. The van der Waals surface area contributed by atoms with E-state index in [-0.39, 0.29) is 23.5 Å². The Morgan fingerprint density at radius 3 is 2.40 bits per heavy atom. The second-order valence-corrected chi connectivity index (χ2v) is 3.70. The minimum Gasteiger partial charge on any atom is -0.204 e. The van der Waals surface area contributed by atoms with E-state index in [2.05, 4.69) is 0 Å². The molecule has 0 saturated carbocycles. The summed E-state index contributed by atoms with van der Waals surface area (Å²) in [5.74, 6) is -2.26. The van der Waals surface area contributed by atoms with E-state index in [4.69, 9.17) is 0 Å². The summed E-state index contributed by atoms with van der Waals surface area (Å²) in [6.07, 6.45) is -1.67. The molecule has 0 aromatic heterocycles. The average molecular weight is 216 g/mol. The van der Waals surface area contributed by atoms with Gasteiger partial charge in [0.15, 0.2) is 11.6 Å². The predicted octanol–water partition coefficient (Wildman–Crippen LogP) is 4.08. The summed E-state index contributed by atoms with van der Waals surface area (Å²) in [4.78, 5) is 0. The lowest BCUT2D eigenvalue weighted by molar-refractivity contribution is 0.423. The Hall–Kier alpha value is -1.32. The molecule has 0 spiro atoms. The fraction of sp³-hybridized carbons (Fsp3) is 0.273. The monoisotopic (exact) mass is 216 g/mol. The van der Waals surface area contributed by atoms with Crippen LogP contribution >= 0.6 is 0 Å². The molecule has 0 heterocycles. The fourth-order valence-corrected chi connectivity index (χ4v) is 1.94. The molecule has 15 heavy (non-hydrogen) atoms. The first-order valence-electron chi connectivity index (χ1n) is 4.54. The van der Waals surface area contributed by atoms with E-state index in [1.165, 1.54) is 0 Å². The molecule has 1 aliphatic carbocycles. The van der Waals surface area contributed by atoms with Crippen LogP contribution in [0.15, 0.2) is 18.2 Å². The van der Waals surface area contributed by atoms with Gasteiger partial charge in [-0.25, -0.2) is 8.78 Å². The molecule has 1 unspecified atom stereocenters.